The van der Waals surface area contributed by atoms with Gasteiger partial charge in [0, 0.05) is 25.0 Å². The van der Waals surface area contributed by atoms with Crippen molar-refractivity contribution in [1.29, 1.82) is 0 Å². The smallest absolute Gasteiger partial charge is 0.255 e. The summed E-state index contributed by atoms with van der Waals surface area (Å²) in [6.07, 6.45) is 7.87. The van der Waals surface area contributed by atoms with Gasteiger partial charge in [-0.3, -0.25) is 9.78 Å². The third kappa shape index (κ3) is 4.19. The Morgan fingerprint density at radius 2 is 2.19 bits per heavy atom. The number of nitrogens with zero attached hydrogens (tertiary/aromatic N) is 1. The van der Waals surface area contributed by atoms with E-state index < -0.39 is 0 Å². The number of carbonyl (C=O) groups is 1. The van der Waals surface area contributed by atoms with Crippen LogP contribution in [0.15, 0.2) is 18.5 Å². The molecule has 1 heterocycles. The minimum atomic E-state index is -0.00638. The standard InChI is InChI=1S/C17H27N3O/c1-4-8-19-16-7-9-18-11-14(16)17(21)20-15-6-5-12(2)10-13(15)3/h7,9,11-13,15H,4-6,8,10H2,1-3H3,(H,18,19)(H,20,21). The molecule has 1 aliphatic carbocycles. The van der Waals surface area contributed by atoms with Gasteiger partial charge in [-0.05, 0) is 43.6 Å². The Bertz CT molecular complexity index is 475. The predicted molar refractivity (Wildman–Crippen MR) is 86.5 cm³/mol. The number of nitrogens with one attached hydrogen (secondary N) is 2. The molecule has 0 aromatic carbocycles. The number of rotatable bonds is 5. The fraction of sp³-hybridized carbons (Fsp3) is 0.647. The van der Waals surface area contributed by atoms with Crippen LogP contribution in [0.3, 0.4) is 0 Å². The minimum Gasteiger partial charge on any atom is -0.384 e. The molecule has 2 rings (SSSR count). The van der Waals surface area contributed by atoms with Crippen molar-refractivity contribution in [2.75, 3.05) is 11.9 Å². The van der Waals surface area contributed by atoms with Gasteiger partial charge in [-0.2, -0.15) is 0 Å². The zero-order valence-corrected chi connectivity index (χ0v) is 13.4. The van der Waals surface area contributed by atoms with E-state index in [-0.39, 0.29) is 11.9 Å². The molecule has 4 nitrogen and oxygen atoms in total. The lowest BCUT2D eigenvalue weighted by Crippen LogP contribution is -2.42. The number of pyridine rings is 1. The van der Waals surface area contributed by atoms with Crippen LogP contribution in [-0.2, 0) is 0 Å². The average Bonchev–Trinajstić information content (AvgIpc) is 2.48. The molecular formula is C17H27N3O. The quantitative estimate of drug-likeness (QED) is 0.873. The van der Waals surface area contributed by atoms with Crippen molar-refractivity contribution < 1.29 is 4.79 Å². The normalized spacial score (nSPS) is 25.4. The van der Waals surface area contributed by atoms with Crippen molar-refractivity contribution in [2.24, 2.45) is 11.8 Å². The lowest BCUT2D eigenvalue weighted by Gasteiger charge is -2.33. The maximum atomic E-state index is 12.5. The maximum absolute atomic E-state index is 12.5. The Morgan fingerprint density at radius 3 is 2.90 bits per heavy atom. The van der Waals surface area contributed by atoms with E-state index in [1.165, 1.54) is 12.8 Å². The Labute approximate surface area is 127 Å². The zero-order valence-electron chi connectivity index (χ0n) is 13.4. The van der Waals surface area contributed by atoms with E-state index in [9.17, 15) is 4.79 Å². The summed E-state index contributed by atoms with van der Waals surface area (Å²) < 4.78 is 0. The third-order valence-corrected chi connectivity index (χ3v) is 4.38. The van der Waals surface area contributed by atoms with Gasteiger partial charge < -0.3 is 10.6 Å². The summed E-state index contributed by atoms with van der Waals surface area (Å²) in [6, 6.07) is 2.16. The Morgan fingerprint density at radius 1 is 1.38 bits per heavy atom. The number of anilines is 1. The average molecular weight is 289 g/mol. The SMILES string of the molecule is CCCNc1ccncc1C(=O)NC1CCC(C)CC1C. The van der Waals surface area contributed by atoms with Gasteiger partial charge in [0.1, 0.15) is 0 Å². The van der Waals surface area contributed by atoms with Crippen LogP contribution < -0.4 is 10.6 Å². The van der Waals surface area contributed by atoms with Crippen LogP contribution in [0, 0.1) is 11.8 Å². The summed E-state index contributed by atoms with van der Waals surface area (Å²) in [5, 5.41) is 6.50. The van der Waals surface area contributed by atoms with Crippen molar-refractivity contribution in [3.05, 3.63) is 24.0 Å². The summed E-state index contributed by atoms with van der Waals surface area (Å²) >= 11 is 0. The summed E-state index contributed by atoms with van der Waals surface area (Å²) in [4.78, 5) is 16.6. The lowest BCUT2D eigenvalue weighted by molar-refractivity contribution is 0.0900. The molecule has 0 radical (unpaired) electrons. The highest BCUT2D eigenvalue weighted by Crippen LogP contribution is 2.29. The molecule has 0 aliphatic heterocycles. The molecule has 21 heavy (non-hydrogen) atoms. The van der Waals surface area contributed by atoms with Crippen LogP contribution in [0.5, 0.6) is 0 Å². The van der Waals surface area contributed by atoms with Gasteiger partial charge >= 0.3 is 0 Å². The topological polar surface area (TPSA) is 54.0 Å². The second kappa shape index (κ2) is 7.43. The zero-order chi connectivity index (χ0) is 15.2. The van der Waals surface area contributed by atoms with Crippen LogP contribution in [0.2, 0.25) is 0 Å². The first-order valence-corrected chi connectivity index (χ1v) is 8.10. The number of carbonyl (C=O) groups excluding carboxylic acids is 1. The first-order valence-electron chi connectivity index (χ1n) is 8.10. The van der Waals surface area contributed by atoms with Crippen molar-refractivity contribution >= 4 is 11.6 Å². The monoisotopic (exact) mass is 289 g/mol. The van der Waals surface area contributed by atoms with Gasteiger partial charge in [0.15, 0.2) is 0 Å². The predicted octanol–water partition coefficient (Wildman–Crippen LogP) is 3.46. The molecule has 0 bridgehead atoms. The number of aromatic nitrogens is 1. The molecule has 1 aromatic rings. The molecule has 0 saturated heterocycles. The van der Waals surface area contributed by atoms with Gasteiger partial charge in [0.2, 0.25) is 0 Å². The third-order valence-electron chi connectivity index (χ3n) is 4.38. The second-order valence-corrected chi connectivity index (χ2v) is 6.32. The molecule has 2 N–H and O–H groups in total. The van der Waals surface area contributed by atoms with Gasteiger partial charge in [-0.15, -0.1) is 0 Å². The Kier molecular flexibility index (Phi) is 5.59. The fourth-order valence-corrected chi connectivity index (χ4v) is 3.12. The molecule has 1 amide bonds. The molecular weight excluding hydrogens is 262 g/mol. The second-order valence-electron chi connectivity index (χ2n) is 6.32. The lowest BCUT2D eigenvalue weighted by atomic mass is 9.80. The molecule has 3 atom stereocenters. The highest BCUT2D eigenvalue weighted by atomic mass is 16.1. The van der Waals surface area contributed by atoms with E-state index in [2.05, 4.69) is 36.4 Å². The van der Waals surface area contributed by atoms with E-state index in [1.54, 1.807) is 12.4 Å². The van der Waals surface area contributed by atoms with E-state index in [0.29, 0.717) is 11.5 Å². The van der Waals surface area contributed by atoms with Crippen molar-refractivity contribution in [3.8, 4) is 0 Å². The first-order chi connectivity index (χ1) is 10.1. The largest absolute Gasteiger partial charge is 0.384 e. The van der Waals surface area contributed by atoms with Gasteiger partial charge in [-0.25, -0.2) is 0 Å². The molecule has 4 heteroatoms. The van der Waals surface area contributed by atoms with Crippen LogP contribution in [0.25, 0.3) is 0 Å². The van der Waals surface area contributed by atoms with E-state index in [0.717, 1.165) is 31.0 Å². The van der Waals surface area contributed by atoms with Crippen LogP contribution >= 0.6 is 0 Å². The fourth-order valence-electron chi connectivity index (χ4n) is 3.12. The highest BCUT2D eigenvalue weighted by molar-refractivity contribution is 5.99. The van der Waals surface area contributed by atoms with Crippen molar-refractivity contribution in [2.45, 2.75) is 52.5 Å². The van der Waals surface area contributed by atoms with E-state index in [1.807, 2.05) is 6.07 Å². The molecule has 1 aliphatic rings. The molecule has 3 unspecified atom stereocenters. The minimum absolute atomic E-state index is 0.00638. The molecule has 1 saturated carbocycles. The van der Waals surface area contributed by atoms with Crippen LogP contribution in [0.1, 0.15) is 56.8 Å². The van der Waals surface area contributed by atoms with Gasteiger partial charge in [0.05, 0.1) is 11.3 Å². The van der Waals surface area contributed by atoms with Crippen LogP contribution in [-0.4, -0.2) is 23.5 Å². The summed E-state index contributed by atoms with van der Waals surface area (Å²) in [6.45, 7) is 7.50. The molecule has 0 spiro atoms. The number of hydrogen-bond donors (Lipinski definition) is 2. The number of amides is 1. The number of hydrogen-bond acceptors (Lipinski definition) is 3. The van der Waals surface area contributed by atoms with Gasteiger partial charge in [0.25, 0.3) is 5.91 Å². The summed E-state index contributed by atoms with van der Waals surface area (Å²) in [7, 11) is 0. The van der Waals surface area contributed by atoms with E-state index in [4.69, 9.17) is 0 Å². The molecule has 1 aromatic heterocycles. The molecule has 116 valence electrons. The van der Waals surface area contributed by atoms with Crippen molar-refractivity contribution in [3.63, 3.8) is 0 Å². The van der Waals surface area contributed by atoms with Gasteiger partial charge in [-0.1, -0.05) is 20.8 Å². The maximum Gasteiger partial charge on any atom is 0.255 e. The summed E-state index contributed by atoms with van der Waals surface area (Å²) in [5.74, 6) is 1.31. The Hall–Kier alpha value is -1.58. The highest BCUT2D eigenvalue weighted by Gasteiger charge is 2.27. The Balaban J connectivity index is 2.03. The van der Waals surface area contributed by atoms with Crippen molar-refractivity contribution in [1.82, 2.24) is 10.3 Å². The van der Waals surface area contributed by atoms with Crippen LogP contribution in [0.4, 0.5) is 5.69 Å². The molecule has 1 fully saturated rings. The first kappa shape index (κ1) is 15.8. The summed E-state index contributed by atoms with van der Waals surface area (Å²) in [5.41, 5.74) is 1.53. The van der Waals surface area contributed by atoms with E-state index >= 15 is 0 Å².